The maximum Gasteiger partial charge on any atom is 0.230 e. The number of anilines is 2. The summed E-state index contributed by atoms with van der Waals surface area (Å²) in [5.74, 6) is 2.40. The molecule has 1 saturated heterocycles. The summed E-state index contributed by atoms with van der Waals surface area (Å²) >= 11 is 0. The van der Waals surface area contributed by atoms with E-state index in [-0.39, 0.29) is 24.0 Å². The highest BCUT2D eigenvalue weighted by Gasteiger charge is 2.22. The Morgan fingerprint density at radius 2 is 1.88 bits per heavy atom. The zero-order valence-corrected chi connectivity index (χ0v) is 28.9. The van der Waals surface area contributed by atoms with Gasteiger partial charge in [0.2, 0.25) is 17.8 Å². The Hall–Kier alpha value is -5.12. The van der Waals surface area contributed by atoms with Gasteiger partial charge in [-0.05, 0) is 59.8 Å². The van der Waals surface area contributed by atoms with Crippen molar-refractivity contribution in [2.75, 3.05) is 29.9 Å². The van der Waals surface area contributed by atoms with Crippen molar-refractivity contribution < 1.29 is 9.59 Å². The van der Waals surface area contributed by atoms with Crippen molar-refractivity contribution in [2.45, 2.75) is 72.3 Å². The molecule has 1 fully saturated rings. The molecular weight excluding hydrogens is 612 g/mol. The average molecular weight is 659 g/mol. The van der Waals surface area contributed by atoms with Gasteiger partial charge in [0.05, 0.1) is 11.9 Å². The summed E-state index contributed by atoms with van der Waals surface area (Å²) < 4.78 is 1.82. The Morgan fingerprint density at radius 3 is 2.67 bits per heavy atom. The van der Waals surface area contributed by atoms with Gasteiger partial charge < -0.3 is 15.5 Å². The van der Waals surface area contributed by atoms with Crippen LogP contribution in [0.3, 0.4) is 0 Å². The number of amides is 1. The summed E-state index contributed by atoms with van der Waals surface area (Å²) in [7, 11) is 0. The van der Waals surface area contributed by atoms with E-state index < -0.39 is 0 Å². The third kappa shape index (κ3) is 7.96. The number of carbonyl (C=O) groups excluding carboxylic acids is 2. The van der Waals surface area contributed by atoms with Crippen LogP contribution in [-0.2, 0) is 22.6 Å². The molecule has 0 radical (unpaired) electrons. The molecule has 10 nitrogen and oxygen atoms in total. The molecule has 6 rings (SSSR count). The van der Waals surface area contributed by atoms with E-state index in [1.165, 1.54) is 0 Å². The molecule has 0 unspecified atom stereocenters. The number of piperidine rings is 1. The fourth-order valence-corrected chi connectivity index (χ4v) is 6.33. The number of carbonyl (C=O) groups is 2. The van der Waals surface area contributed by atoms with Gasteiger partial charge in [0.15, 0.2) is 11.4 Å². The van der Waals surface area contributed by atoms with E-state index in [1.54, 1.807) is 12.2 Å². The standard InChI is InChI=1S/C39H46N8O2/c1-5-9-35(49)40-18-8-11-31(48)23-28-13-14-33-29(22-28)15-19-41-36(33)32-12-7-6-10-30(32)24-42-38-45-39(46-20-16-27(4)17-21-46)44-37-34(26(2)3)25-43-47(37)38/h6-8,10-15,19,22,25-27H,5,9,16-18,20-21,23-24H2,1-4H3,(H,40,49)(H,42,44,45)/b11-8+. The number of hydrogen-bond acceptors (Lipinski definition) is 8. The minimum atomic E-state index is -0.00989. The molecule has 10 heteroatoms. The number of aromatic nitrogens is 5. The number of rotatable bonds is 13. The van der Waals surface area contributed by atoms with Crippen LogP contribution in [0.5, 0.6) is 0 Å². The second-order valence-corrected chi connectivity index (χ2v) is 13.3. The molecule has 0 spiro atoms. The number of hydrogen-bond donors (Lipinski definition) is 2. The molecule has 0 atom stereocenters. The molecular formula is C39H46N8O2. The predicted octanol–water partition coefficient (Wildman–Crippen LogP) is 6.90. The summed E-state index contributed by atoms with van der Waals surface area (Å²) in [6.45, 7) is 11.4. The molecule has 0 bridgehead atoms. The van der Waals surface area contributed by atoms with Gasteiger partial charge >= 0.3 is 0 Å². The van der Waals surface area contributed by atoms with Crippen LogP contribution in [0.15, 0.2) is 73.1 Å². The normalized spacial score (nSPS) is 13.9. The maximum absolute atomic E-state index is 12.6. The van der Waals surface area contributed by atoms with E-state index in [1.807, 2.05) is 48.1 Å². The number of fused-ring (bicyclic) bond motifs is 2. The molecule has 3 aromatic heterocycles. The largest absolute Gasteiger partial charge is 0.353 e. The van der Waals surface area contributed by atoms with Gasteiger partial charge in [-0.3, -0.25) is 14.6 Å². The predicted molar refractivity (Wildman–Crippen MR) is 196 cm³/mol. The van der Waals surface area contributed by atoms with Crippen LogP contribution >= 0.6 is 0 Å². The van der Waals surface area contributed by atoms with E-state index in [4.69, 9.17) is 15.0 Å². The quantitative estimate of drug-likeness (QED) is 0.131. The fourth-order valence-electron chi connectivity index (χ4n) is 6.33. The van der Waals surface area contributed by atoms with E-state index in [0.29, 0.717) is 31.4 Å². The van der Waals surface area contributed by atoms with Crippen LogP contribution in [-0.4, -0.2) is 55.9 Å². The fraction of sp³-hybridized carbons (Fsp3) is 0.385. The van der Waals surface area contributed by atoms with Crippen molar-refractivity contribution in [3.05, 3.63) is 89.8 Å². The van der Waals surface area contributed by atoms with Crippen molar-refractivity contribution in [1.82, 2.24) is 29.9 Å². The molecule has 2 N–H and O–H groups in total. The first-order valence-electron chi connectivity index (χ1n) is 17.5. The summed E-state index contributed by atoms with van der Waals surface area (Å²) in [4.78, 5) is 41.4. The van der Waals surface area contributed by atoms with Gasteiger partial charge in [-0.15, -0.1) is 0 Å². The SMILES string of the molecule is CCCC(=O)NC/C=C/C(=O)Cc1ccc2c(-c3ccccc3CNc3nc(N4CCC(C)CC4)nc4c(C(C)C)cnn34)nccc2c1. The molecule has 1 aliphatic heterocycles. The zero-order chi connectivity index (χ0) is 34.3. The Kier molecular flexibility index (Phi) is 10.6. The lowest BCUT2D eigenvalue weighted by Crippen LogP contribution is -2.34. The molecule has 5 aromatic rings. The molecule has 1 aliphatic rings. The van der Waals surface area contributed by atoms with E-state index >= 15 is 0 Å². The highest BCUT2D eigenvalue weighted by atomic mass is 16.1. The second-order valence-electron chi connectivity index (χ2n) is 13.3. The summed E-state index contributed by atoms with van der Waals surface area (Å²) in [5.41, 5.74) is 5.85. The third-order valence-corrected chi connectivity index (χ3v) is 9.19. The Labute approximate surface area is 288 Å². The molecule has 0 aliphatic carbocycles. The van der Waals surface area contributed by atoms with Crippen LogP contribution in [0.25, 0.3) is 27.7 Å². The summed E-state index contributed by atoms with van der Waals surface area (Å²) in [6, 6.07) is 16.4. The maximum atomic E-state index is 12.6. The van der Waals surface area contributed by atoms with Crippen molar-refractivity contribution in [3.8, 4) is 11.3 Å². The number of benzene rings is 2. The van der Waals surface area contributed by atoms with E-state index in [0.717, 1.165) is 82.7 Å². The first kappa shape index (κ1) is 33.8. The summed E-state index contributed by atoms with van der Waals surface area (Å²) in [6.07, 6.45) is 10.8. The first-order valence-corrected chi connectivity index (χ1v) is 17.5. The lowest BCUT2D eigenvalue weighted by molar-refractivity contribution is -0.121. The topological polar surface area (TPSA) is 117 Å². The molecule has 49 heavy (non-hydrogen) atoms. The highest BCUT2D eigenvalue weighted by Crippen LogP contribution is 2.31. The molecule has 4 heterocycles. The molecule has 2 aromatic carbocycles. The first-order chi connectivity index (χ1) is 23.8. The molecule has 254 valence electrons. The van der Waals surface area contributed by atoms with Gasteiger partial charge in [0.25, 0.3) is 0 Å². The smallest absolute Gasteiger partial charge is 0.230 e. The lowest BCUT2D eigenvalue weighted by Gasteiger charge is -2.30. The van der Waals surface area contributed by atoms with Crippen molar-refractivity contribution >= 4 is 40.0 Å². The van der Waals surface area contributed by atoms with Crippen LogP contribution < -0.4 is 15.5 Å². The van der Waals surface area contributed by atoms with Crippen molar-refractivity contribution in [2.24, 2.45) is 5.92 Å². The van der Waals surface area contributed by atoms with Gasteiger partial charge in [-0.1, -0.05) is 76.2 Å². The molecule has 1 amide bonds. The Balaban J connectivity index is 1.23. The highest BCUT2D eigenvalue weighted by molar-refractivity contribution is 5.97. The Bertz CT molecular complexity index is 1970. The van der Waals surface area contributed by atoms with Crippen molar-refractivity contribution in [1.29, 1.82) is 0 Å². The minimum Gasteiger partial charge on any atom is -0.353 e. The molecule has 0 saturated carbocycles. The third-order valence-electron chi connectivity index (χ3n) is 9.19. The number of ketones is 1. The minimum absolute atomic E-state index is 0.00270. The number of nitrogens with zero attached hydrogens (tertiary/aromatic N) is 6. The Morgan fingerprint density at radius 1 is 1.06 bits per heavy atom. The van der Waals surface area contributed by atoms with Gasteiger partial charge in [0, 0.05) is 61.7 Å². The average Bonchev–Trinajstić information content (AvgIpc) is 3.54. The zero-order valence-electron chi connectivity index (χ0n) is 28.9. The number of allylic oxidation sites excluding steroid dienone is 1. The van der Waals surface area contributed by atoms with E-state index in [9.17, 15) is 9.59 Å². The van der Waals surface area contributed by atoms with Crippen LogP contribution in [0.2, 0.25) is 0 Å². The second kappa shape index (κ2) is 15.4. The van der Waals surface area contributed by atoms with E-state index in [2.05, 4.69) is 65.7 Å². The van der Waals surface area contributed by atoms with Gasteiger partial charge in [-0.25, -0.2) is 0 Å². The van der Waals surface area contributed by atoms with Crippen LogP contribution in [0, 0.1) is 5.92 Å². The van der Waals surface area contributed by atoms with Crippen molar-refractivity contribution in [3.63, 3.8) is 0 Å². The summed E-state index contributed by atoms with van der Waals surface area (Å²) in [5, 5.41) is 13.1. The van der Waals surface area contributed by atoms with Crippen LogP contribution in [0.1, 0.15) is 76.0 Å². The van der Waals surface area contributed by atoms with Crippen LogP contribution in [0.4, 0.5) is 11.9 Å². The number of pyridine rings is 1. The van der Waals surface area contributed by atoms with Gasteiger partial charge in [-0.2, -0.15) is 19.6 Å². The lowest BCUT2D eigenvalue weighted by atomic mass is 9.97. The number of nitrogens with one attached hydrogen (secondary N) is 2. The monoisotopic (exact) mass is 658 g/mol. The van der Waals surface area contributed by atoms with Gasteiger partial charge in [0.1, 0.15) is 0 Å².